The lowest BCUT2D eigenvalue weighted by atomic mass is 9.94. The van der Waals surface area contributed by atoms with Gasteiger partial charge in [0.05, 0.1) is 0 Å². The minimum atomic E-state index is 0.389. The van der Waals surface area contributed by atoms with Gasteiger partial charge in [0, 0.05) is 25.3 Å². The monoisotopic (exact) mass is 247 g/mol. The van der Waals surface area contributed by atoms with Gasteiger partial charge in [-0.05, 0) is 50.4 Å². The smallest absolute Gasteiger partial charge is 0.128 e. The predicted molar refractivity (Wildman–Crippen MR) is 76.9 cm³/mol. The van der Waals surface area contributed by atoms with Crippen molar-refractivity contribution in [2.75, 3.05) is 25.0 Å². The quantitative estimate of drug-likeness (QED) is 0.886. The lowest BCUT2D eigenvalue weighted by Crippen LogP contribution is -2.34. The van der Waals surface area contributed by atoms with Crippen LogP contribution in [0.1, 0.15) is 44.7 Å². The fourth-order valence-electron chi connectivity index (χ4n) is 2.61. The van der Waals surface area contributed by atoms with Crippen molar-refractivity contribution < 1.29 is 0 Å². The molecule has 0 spiro atoms. The van der Waals surface area contributed by atoms with Crippen LogP contribution in [0.5, 0.6) is 0 Å². The van der Waals surface area contributed by atoms with Gasteiger partial charge in [0.1, 0.15) is 5.82 Å². The highest BCUT2D eigenvalue weighted by molar-refractivity contribution is 5.42. The molecular formula is C15H25N3. The molecule has 0 amide bonds. The van der Waals surface area contributed by atoms with Crippen LogP contribution in [0.25, 0.3) is 0 Å². The van der Waals surface area contributed by atoms with E-state index in [-0.39, 0.29) is 0 Å². The summed E-state index contributed by atoms with van der Waals surface area (Å²) in [6.07, 6.45) is 5.87. The van der Waals surface area contributed by atoms with Crippen LogP contribution in [-0.4, -0.2) is 25.1 Å². The van der Waals surface area contributed by atoms with E-state index in [4.69, 9.17) is 0 Å². The molecule has 0 bridgehead atoms. The molecule has 0 radical (unpaired) electrons. The van der Waals surface area contributed by atoms with Crippen LogP contribution in [0.4, 0.5) is 5.82 Å². The van der Waals surface area contributed by atoms with Crippen LogP contribution in [-0.2, 0) is 0 Å². The molecule has 2 rings (SSSR count). The number of piperidine rings is 1. The molecule has 3 heteroatoms. The number of rotatable bonds is 4. The van der Waals surface area contributed by atoms with Crippen LogP contribution in [0, 0.1) is 5.92 Å². The number of pyridine rings is 1. The predicted octanol–water partition coefficient (Wildman–Crippen LogP) is 2.99. The minimum absolute atomic E-state index is 0.389. The second-order valence-corrected chi connectivity index (χ2v) is 5.30. The Hall–Kier alpha value is -1.09. The maximum absolute atomic E-state index is 4.53. The van der Waals surface area contributed by atoms with Crippen LogP contribution in [0.15, 0.2) is 18.3 Å². The summed E-state index contributed by atoms with van der Waals surface area (Å²) in [6, 6.07) is 4.72. The van der Waals surface area contributed by atoms with Crippen molar-refractivity contribution in [3.05, 3.63) is 23.9 Å². The molecule has 1 aromatic rings. The molecule has 3 nitrogen and oxygen atoms in total. The van der Waals surface area contributed by atoms with Gasteiger partial charge in [-0.3, -0.25) is 0 Å². The zero-order chi connectivity index (χ0) is 13.0. The average Bonchev–Trinajstić information content (AvgIpc) is 2.46. The SMILES string of the molecule is CCC1CCN(c2cc(C(C)NC)ccn2)CC1. The fraction of sp³-hybridized carbons (Fsp3) is 0.667. The molecule has 1 saturated heterocycles. The van der Waals surface area contributed by atoms with Gasteiger partial charge in [-0.2, -0.15) is 0 Å². The Morgan fingerprint density at radius 1 is 1.44 bits per heavy atom. The van der Waals surface area contributed by atoms with Gasteiger partial charge in [-0.1, -0.05) is 13.3 Å². The van der Waals surface area contributed by atoms with Crippen molar-refractivity contribution in [1.29, 1.82) is 0 Å². The molecule has 1 N–H and O–H groups in total. The average molecular weight is 247 g/mol. The van der Waals surface area contributed by atoms with E-state index in [1.54, 1.807) is 0 Å². The summed E-state index contributed by atoms with van der Waals surface area (Å²) in [5.41, 5.74) is 1.32. The zero-order valence-corrected chi connectivity index (χ0v) is 11.8. The van der Waals surface area contributed by atoms with E-state index in [1.165, 1.54) is 24.8 Å². The van der Waals surface area contributed by atoms with Crippen molar-refractivity contribution in [2.24, 2.45) is 5.92 Å². The third-order valence-electron chi connectivity index (χ3n) is 4.22. The molecule has 2 heterocycles. The molecule has 1 aromatic heterocycles. The first-order chi connectivity index (χ1) is 8.74. The molecular weight excluding hydrogens is 222 g/mol. The van der Waals surface area contributed by atoms with E-state index < -0.39 is 0 Å². The summed E-state index contributed by atoms with van der Waals surface area (Å²) in [5.74, 6) is 2.06. The molecule has 1 aliphatic rings. The van der Waals surface area contributed by atoms with E-state index in [0.717, 1.165) is 24.8 Å². The molecule has 1 unspecified atom stereocenters. The second-order valence-electron chi connectivity index (χ2n) is 5.30. The van der Waals surface area contributed by atoms with Crippen molar-refractivity contribution in [3.8, 4) is 0 Å². The van der Waals surface area contributed by atoms with E-state index in [9.17, 15) is 0 Å². The Labute approximate surface area is 111 Å². The van der Waals surface area contributed by atoms with Gasteiger partial charge in [0.25, 0.3) is 0 Å². The van der Waals surface area contributed by atoms with Gasteiger partial charge in [-0.25, -0.2) is 4.98 Å². The molecule has 18 heavy (non-hydrogen) atoms. The molecule has 1 aliphatic heterocycles. The molecule has 1 atom stereocenters. The minimum Gasteiger partial charge on any atom is -0.357 e. The highest BCUT2D eigenvalue weighted by Crippen LogP contribution is 2.25. The largest absolute Gasteiger partial charge is 0.357 e. The number of aromatic nitrogens is 1. The molecule has 0 saturated carbocycles. The number of nitrogens with one attached hydrogen (secondary N) is 1. The first kappa shape index (κ1) is 13.3. The third-order valence-corrected chi connectivity index (χ3v) is 4.22. The van der Waals surface area contributed by atoms with Crippen molar-refractivity contribution >= 4 is 5.82 Å². The summed E-state index contributed by atoms with van der Waals surface area (Å²) >= 11 is 0. The molecule has 0 aliphatic carbocycles. The number of anilines is 1. The van der Waals surface area contributed by atoms with E-state index >= 15 is 0 Å². The normalized spacial score (nSPS) is 18.9. The van der Waals surface area contributed by atoms with Crippen molar-refractivity contribution in [2.45, 2.75) is 39.2 Å². The van der Waals surface area contributed by atoms with Gasteiger partial charge in [0.2, 0.25) is 0 Å². The van der Waals surface area contributed by atoms with Crippen molar-refractivity contribution in [3.63, 3.8) is 0 Å². The fourth-order valence-corrected chi connectivity index (χ4v) is 2.61. The maximum atomic E-state index is 4.53. The Bertz CT molecular complexity index is 370. The van der Waals surface area contributed by atoms with Gasteiger partial charge < -0.3 is 10.2 Å². The number of hydrogen-bond donors (Lipinski definition) is 1. The summed E-state index contributed by atoms with van der Waals surface area (Å²) < 4.78 is 0. The third kappa shape index (κ3) is 3.02. The van der Waals surface area contributed by atoms with Crippen LogP contribution < -0.4 is 10.2 Å². The number of hydrogen-bond acceptors (Lipinski definition) is 3. The molecule has 1 fully saturated rings. The van der Waals surface area contributed by atoms with Crippen LogP contribution in [0.3, 0.4) is 0 Å². The first-order valence-corrected chi connectivity index (χ1v) is 7.12. The lowest BCUT2D eigenvalue weighted by molar-refractivity contribution is 0.393. The van der Waals surface area contributed by atoms with Crippen molar-refractivity contribution in [1.82, 2.24) is 10.3 Å². The highest BCUT2D eigenvalue weighted by atomic mass is 15.2. The molecule has 0 aromatic carbocycles. The second kappa shape index (κ2) is 6.19. The standard InChI is InChI=1S/C15H25N3/c1-4-13-6-9-18(10-7-13)15-11-14(5-8-17-15)12(2)16-3/h5,8,11-13,16H,4,6-7,9-10H2,1-3H3. The maximum Gasteiger partial charge on any atom is 0.128 e. The Morgan fingerprint density at radius 2 is 2.17 bits per heavy atom. The number of nitrogens with zero attached hydrogens (tertiary/aromatic N) is 2. The summed E-state index contributed by atoms with van der Waals surface area (Å²) in [5, 5.41) is 3.28. The topological polar surface area (TPSA) is 28.2 Å². The Morgan fingerprint density at radius 3 is 2.78 bits per heavy atom. The Kier molecular flexibility index (Phi) is 4.59. The lowest BCUT2D eigenvalue weighted by Gasteiger charge is -2.32. The van der Waals surface area contributed by atoms with Gasteiger partial charge >= 0.3 is 0 Å². The summed E-state index contributed by atoms with van der Waals surface area (Å²) in [7, 11) is 2.00. The Balaban J connectivity index is 2.05. The summed E-state index contributed by atoms with van der Waals surface area (Å²) in [4.78, 5) is 6.96. The van der Waals surface area contributed by atoms with Crippen LogP contribution in [0.2, 0.25) is 0 Å². The van der Waals surface area contributed by atoms with E-state index in [1.807, 2.05) is 13.2 Å². The summed E-state index contributed by atoms with van der Waals surface area (Å²) in [6.45, 7) is 6.79. The van der Waals surface area contributed by atoms with Crippen LogP contribution >= 0.6 is 0 Å². The van der Waals surface area contributed by atoms with E-state index in [0.29, 0.717) is 6.04 Å². The molecule has 100 valence electrons. The highest BCUT2D eigenvalue weighted by Gasteiger charge is 2.19. The van der Waals surface area contributed by atoms with E-state index in [2.05, 4.69) is 41.2 Å². The van der Waals surface area contributed by atoms with Gasteiger partial charge in [-0.15, -0.1) is 0 Å². The first-order valence-electron chi connectivity index (χ1n) is 7.12. The zero-order valence-electron chi connectivity index (χ0n) is 11.8. The van der Waals surface area contributed by atoms with Gasteiger partial charge in [0.15, 0.2) is 0 Å².